The van der Waals surface area contributed by atoms with Gasteiger partial charge in [0, 0.05) is 12.6 Å². The second-order valence-electron chi connectivity index (χ2n) is 10.8. The molecule has 0 aliphatic heterocycles. The fraction of sp³-hybridized carbons (Fsp3) is 0.219. The SMILES string of the molecule is COc1nn(C(c2ccccc2)(c2ccccc2)c2ccccc2)c2cc(Cl)nc(N(CC(C)(C)C)C(=O)O)c12. The van der Waals surface area contributed by atoms with Crippen LogP contribution in [0.3, 0.4) is 0 Å². The number of hydrogen-bond acceptors (Lipinski definition) is 4. The van der Waals surface area contributed by atoms with Gasteiger partial charge in [0.1, 0.15) is 16.1 Å². The summed E-state index contributed by atoms with van der Waals surface area (Å²) >= 11 is 6.64. The molecule has 7 nitrogen and oxygen atoms in total. The third kappa shape index (κ3) is 4.77. The minimum absolute atomic E-state index is 0.148. The zero-order valence-electron chi connectivity index (χ0n) is 22.9. The molecule has 0 aliphatic rings. The smallest absolute Gasteiger partial charge is 0.413 e. The number of benzene rings is 3. The molecule has 8 heteroatoms. The molecule has 0 spiro atoms. The first-order valence-corrected chi connectivity index (χ1v) is 13.4. The van der Waals surface area contributed by atoms with Crippen molar-refractivity contribution in [3.8, 4) is 5.88 Å². The summed E-state index contributed by atoms with van der Waals surface area (Å²) in [6, 6.07) is 32.0. The molecule has 3 aromatic carbocycles. The van der Waals surface area contributed by atoms with Gasteiger partial charge in [0.2, 0.25) is 5.88 Å². The summed E-state index contributed by atoms with van der Waals surface area (Å²) in [5.74, 6) is 0.428. The van der Waals surface area contributed by atoms with Crippen molar-refractivity contribution in [2.75, 3.05) is 18.6 Å². The van der Waals surface area contributed by atoms with Gasteiger partial charge < -0.3 is 9.84 Å². The number of carbonyl (C=O) groups is 1. The molecule has 2 heterocycles. The van der Waals surface area contributed by atoms with Crippen molar-refractivity contribution < 1.29 is 14.6 Å². The number of hydrogen-bond donors (Lipinski definition) is 1. The van der Waals surface area contributed by atoms with E-state index < -0.39 is 11.6 Å². The predicted octanol–water partition coefficient (Wildman–Crippen LogP) is 7.46. The molecule has 0 aliphatic carbocycles. The third-order valence-corrected chi connectivity index (χ3v) is 6.98. The van der Waals surface area contributed by atoms with E-state index in [9.17, 15) is 9.90 Å². The van der Waals surface area contributed by atoms with Gasteiger partial charge in [-0.2, -0.15) is 0 Å². The molecule has 0 atom stereocenters. The Kier molecular flexibility index (Phi) is 7.25. The Labute approximate surface area is 238 Å². The van der Waals surface area contributed by atoms with E-state index in [0.717, 1.165) is 16.7 Å². The maximum atomic E-state index is 12.6. The van der Waals surface area contributed by atoms with E-state index in [1.54, 1.807) is 6.07 Å². The first-order valence-electron chi connectivity index (χ1n) is 13.0. The Morgan fingerprint density at radius 1 is 0.900 bits per heavy atom. The van der Waals surface area contributed by atoms with Crippen molar-refractivity contribution in [1.29, 1.82) is 0 Å². The Morgan fingerprint density at radius 3 is 1.77 bits per heavy atom. The number of rotatable bonds is 7. The molecule has 2 aromatic heterocycles. The maximum Gasteiger partial charge on any atom is 0.413 e. The quantitative estimate of drug-likeness (QED) is 0.167. The van der Waals surface area contributed by atoms with Gasteiger partial charge in [-0.3, -0.25) is 4.90 Å². The first kappa shape index (κ1) is 27.2. The van der Waals surface area contributed by atoms with Crippen molar-refractivity contribution in [2.45, 2.75) is 26.3 Å². The summed E-state index contributed by atoms with van der Waals surface area (Å²) < 4.78 is 7.70. The number of fused-ring (bicyclic) bond motifs is 1. The van der Waals surface area contributed by atoms with Crippen LogP contribution < -0.4 is 9.64 Å². The normalized spacial score (nSPS) is 11.9. The van der Waals surface area contributed by atoms with Crippen molar-refractivity contribution in [3.05, 3.63) is 119 Å². The van der Waals surface area contributed by atoms with Crippen LogP contribution in [0.25, 0.3) is 10.9 Å². The fourth-order valence-electron chi connectivity index (χ4n) is 5.26. The summed E-state index contributed by atoms with van der Waals surface area (Å²) in [6.45, 7) is 6.10. The highest BCUT2D eigenvalue weighted by molar-refractivity contribution is 6.30. The largest absolute Gasteiger partial charge is 0.479 e. The van der Waals surface area contributed by atoms with Crippen molar-refractivity contribution in [3.63, 3.8) is 0 Å². The van der Waals surface area contributed by atoms with Gasteiger partial charge >= 0.3 is 6.09 Å². The molecule has 0 fully saturated rings. The standard InChI is InChI=1S/C32H31ClN4O3/c1-31(2,3)21-36(30(38)39)28-27-25(20-26(33)34-28)37(35-29(27)40-4)32(22-14-8-5-9-15-22,23-16-10-6-11-17-23)24-18-12-7-13-19-24/h5-20H,21H2,1-4H3,(H,38,39). The zero-order chi connectivity index (χ0) is 28.5. The van der Waals surface area contributed by atoms with Crippen molar-refractivity contribution in [2.24, 2.45) is 5.41 Å². The van der Waals surface area contributed by atoms with Gasteiger partial charge in [0.15, 0.2) is 5.82 Å². The van der Waals surface area contributed by atoms with E-state index in [4.69, 9.17) is 21.4 Å². The molecular weight excluding hydrogens is 524 g/mol. The highest BCUT2D eigenvalue weighted by atomic mass is 35.5. The van der Waals surface area contributed by atoms with Crippen molar-refractivity contribution >= 4 is 34.4 Å². The first-order chi connectivity index (χ1) is 19.2. The van der Waals surface area contributed by atoms with Crippen LogP contribution in [0.4, 0.5) is 10.6 Å². The number of nitrogens with zero attached hydrogens (tertiary/aromatic N) is 4. The minimum Gasteiger partial charge on any atom is -0.479 e. The van der Waals surface area contributed by atoms with Gasteiger partial charge in [0.25, 0.3) is 0 Å². The van der Waals surface area contributed by atoms with Gasteiger partial charge in [0.05, 0.1) is 12.6 Å². The fourth-order valence-corrected chi connectivity index (χ4v) is 5.45. The zero-order valence-corrected chi connectivity index (χ0v) is 23.6. The van der Waals surface area contributed by atoms with Crippen LogP contribution >= 0.6 is 11.6 Å². The highest BCUT2D eigenvalue weighted by Crippen LogP contribution is 2.45. The summed E-state index contributed by atoms with van der Waals surface area (Å²) in [4.78, 5) is 18.3. The van der Waals surface area contributed by atoms with E-state index in [-0.39, 0.29) is 28.8 Å². The third-order valence-electron chi connectivity index (χ3n) is 6.79. The van der Waals surface area contributed by atoms with Crippen LogP contribution in [0.2, 0.25) is 5.15 Å². The Balaban J connectivity index is 1.96. The lowest BCUT2D eigenvalue weighted by Gasteiger charge is -2.37. The molecule has 1 N–H and O–H groups in total. The van der Waals surface area contributed by atoms with Crippen molar-refractivity contribution in [1.82, 2.24) is 14.8 Å². The summed E-state index contributed by atoms with van der Waals surface area (Å²) in [5, 5.41) is 15.9. The Hall–Kier alpha value is -4.36. The molecule has 5 aromatic rings. The number of carboxylic acid groups (broad SMARTS) is 1. The van der Waals surface area contributed by atoms with Gasteiger partial charge in [-0.15, -0.1) is 5.10 Å². The van der Waals surface area contributed by atoms with E-state index in [0.29, 0.717) is 10.9 Å². The molecule has 0 unspecified atom stereocenters. The van der Waals surface area contributed by atoms with Crippen LogP contribution in [0.5, 0.6) is 5.88 Å². The summed E-state index contributed by atoms with van der Waals surface area (Å²) in [7, 11) is 1.52. The van der Waals surface area contributed by atoms with Crippen LogP contribution in [-0.2, 0) is 5.54 Å². The number of ether oxygens (including phenoxy) is 1. The second-order valence-corrected chi connectivity index (χ2v) is 11.2. The Morgan fingerprint density at radius 2 is 1.38 bits per heavy atom. The molecule has 1 amide bonds. The van der Waals surface area contributed by atoms with Gasteiger partial charge in [-0.05, 0) is 22.1 Å². The van der Waals surface area contributed by atoms with E-state index in [2.05, 4.69) is 41.4 Å². The second kappa shape index (κ2) is 10.7. The minimum atomic E-state index is -1.14. The van der Waals surface area contributed by atoms with E-state index in [1.165, 1.54) is 12.0 Å². The molecule has 5 rings (SSSR count). The molecule has 204 valence electrons. The molecule has 0 bridgehead atoms. The van der Waals surface area contributed by atoms with E-state index >= 15 is 0 Å². The number of anilines is 1. The molecular formula is C32H31ClN4O3. The lowest BCUT2D eigenvalue weighted by Crippen LogP contribution is -2.39. The number of methoxy groups -OCH3 is 1. The molecule has 0 saturated carbocycles. The van der Waals surface area contributed by atoms with Crippen LogP contribution in [0, 0.1) is 5.41 Å². The predicted molar refractivity (Wildman–Crippen MR) is 159 cm³/mol. The van der Waals surface area contributed by atoms with Crippen LogP contribution in [-0.4, -0.2) is 39.6 Å². The van der Waals surface area contributed by atoms with Gasteiger partial charge in [-0.1, -0.05) is 123 Å². The monoisotopic (exact) mass is 554 g/mol. The number of amides is 1. The van der Waals surface area contributed by atoms with E-state index in [1.807, 2.05) is 80.1 Å². The number of pyridine rings is 1. The van der Waals surface area contributed by atoms with Crippen LogP contribution in [0.1, 0.15) is 37.5 Å². The lowest BCUT2D eigenvalue weighted by molar-refractivity contribution is 0.198. The summed E-state index contributed by atoms with van der Waals surface area (Å²) in [5.41, 5.74) is 2.15. The van der Waals surface area contributed by atoms with Crippen LogP contribution in [0.15, 0.2) is 97.1 Å². The average molecular weight is 555 g/mol. The summed E-state index contributed by atoms with van der Waals surface area (Å²) in [6.07, 6.45) is -1.14. The van der Waals surface area contributed by atoms with Gasteiger partial charge in [-0.25, -0.2) is 14.5 Å². The highest BCUT2D eigenvalue weighted by Gasteiger charge is 2.42. The number of aromatic nitrogens is 3. The molecule has 0 radical (unpaired) electrons. The average Bonchev–Trinajstić information content (AvgIpc) is 3.32. The topological polar surface area (TPSA) is 80.5 Å². The molecule has 40 heavy (non-hydrogen) atoms. The molecule has 0 saturated heterocycles. The lowest BCUT2D eigenvalue weighted by atomic mass is 9.77. The Bertz CT molecular complexity index is 1540. The number of halogens is 1. The maximum absolute atomic E-state index is 12.6.